The van der Waals surface area contributed by atoms with Gasteiger partial charge in [-0.2, -0.15) is 4.39 Å². The minimum Gasteiger partial charge on any atom is -0.396 e. The average molecular weight is 272 g/mol. The minimum atomic E-state index is -1.20. The third kappa shape index (κ3) is 2.81. The van der Waals surface area contributed by atoms with Crippen LogP contribution in [0.1, 0.15) is 19.3 Å². The summed E-state index contributed by atoms with van der Waals surface area (Å²) >= 11 is 0. The van der Waals surface area contributed by atoms with E-state index in [1.165, 1.54) is 0 Å². The number of nitro groups is 1. The predicted octanol–water partition coefficient (Wildman–Crippen LogP) is 2.45. The Hall–Kier alpha value is -1.76. The highest BCUT2D eigenvalue weighted by molar-refractivity contribution is 5.62. The van der Waals surface area contributed by atoms with Gasteiger partial charge < -0.3 is 10.4 Å². The van der Waals surface area contributed by atoms with E-state index in [2.05, 4.69) is 5.32 Å². The van der Waals surface area contributed by atoms with Crippen molar-refractivity contribution in [1.82, 2.24) is 0 Å². The fraction of sp³-hybridized carbons (Fsp3) is 0.500. The van der Waals surface area contributed by atoms with Crippen LogP contribution in [0.5, 0.6) is 0 Å². The zero-order valence-corrected chi connectivity index (χ0v) is 10.1. The Labute approximate surface area is 108 Å². The van der Waals surface area contributed by atoms with Crippen LogP contribution >= 0.6 is 0 Å². The van der Waals surface area contributed by atoms with E-state index in [4.69, 9.17) is 0 Å². The van der Waals surface area contributed by atoms with E-state index in [1.807, 2.05) is 0 Å². The summed E-state index contributed by atoms with van der Waals surface area (Å²) in [6.07, 6.45) is 2.37. The van der Waals surface area contributed by atoms with Gasteiger partial charge in [-0.25, -0.2) is 4.39 Å². The first-order chi connectivity index (χ1) is 9.02. The van der Waals surface area contributed by atoms with Crippen molar-refractivity contribution in [2.45, 2.75) is 25.3 Å². The summed E-state index contributed by atoms with van der Waals surface area (Å²) < 4.78 is 26.6. The van der Waals surface area contributed by atoms with Gasteiger partial charge in [0.1, 0.15) is 11.5 Å². The molecule has 0 spiro atoms. The molecule has 0 amide bonds. The van der Waals surface area contributed by atoms with Crippen molar-refractivity contribution in [1.29, 1.82) is 0 Å². The molecule has 2 atom stereocenters. The number of halogens is 2. The van der Waals surface area contributed by atoms with Gasteiger partial charge in [0, 0.05) is 30.7 Å². The molecule has 0 aliphatic heterocycles. The fourth-order valence-corrected chi connectivity index (χ4v) is 2.51. The smallest absolute Gasteiger partial charge is 0.327 e. The first-order valence-electron chi connectivity index (χ1n) is 6.03. The lowest BCUT2D eigenvalue weighted by Crippen LogP contribution is -2.26. The van der Waals surface area contributed by atoms with Crippen molar-refractivity contribution in [2.24, 2.45) is 5.92 Å². The van der Waals surface area contributed by atoms with Crippen LogP contribution in [0.3, 0.4) is 0 Å². The van der Waals surface area contributed by atoms with Gasteiger partial charge in [-0.3, -0.25) is 10.1 Å². The lowest BCUT2D eigenvalue weighted by Gasteiger charge is -2.20. The SMILES string of the molecule is O=[N+]([O-])c1c(F)cc(F)cc1NC1CCCC1CO. The first-order valence-corrected chi connectivity index (χ1v) is 6.03. The molecule has 0 heterocycles. The molecular weight excluding hydrogens is 258 g/mol. The number of aliphatic hydroxyl groups excluding tert-OH is 1. The van der Waals surface area contributed by atoms with E-state index in [0.29, 0.717) is 12.5 Å². The molecule has 2 unspecified atom stereocenters. The predicted molar refractivity (Wildman–Crippen MR) is 64.8 cm³/mol. The molecule has 104 valence electrons. The van der Waals surface area contributed by atoms with Crippen LogP contribution in [0.2, 0.25) is 0 Å². The molecule has 7 heteroatoms. The number of aliphatic hydroxyl groups is 1. The maximum atomic E-state index is 13.4. The van der Waals surface area contributed by atoms with Crippen molar-refractivity contribution < 1.29 is 18.8 Å². The van der Waals surface area contributed by atoms with Crippen LogP contribution in [-0.4, -0.2) is 22.7 Å². The van der Waals surface area contributed by atoms with Crippen LogP contribution in [-0.2, 0) is 0 Å². The molecule has 1 aliphatic carbocycles. The number of nitrogens with one attached hydrogen (secondary N) is 1. The largest absolute Gasteiger partial charge is 0.396 e. The van der Waals surface area contributed by atoms with Crippen molar-refractivity contribution in [3.05, 3.63) is 33.9 Å². The number of anilines is 1. The Balaban J connectivity index is 2.31. The number of nitrogens with zero attached hydrogens (tertiary/aromatic N) is 1. The number of hydrogen-bond donors (Lipinski definition) is 2. The molecule has 19 heavy (non-hydrogen) atoms. The minimum absolute atomic E-state index is 0.0501. The lowest BCUT2D eigenvalue weighted by molar-refractivity contribution is -0.386. The standard InChI is InChI=1S/C12H14F2N2O3/c13-8-4-9(14)12(16(18)19)11(5-8)15-10-3-1-2-7(10)6-17/h4-5,7,10,15,17H,1-3,6H2. The fourth-order valence-electron chi connectivity index (χ4n) is 2.51. The van der Waals surface area contributed by atoms with Crippen molar-refractivity contribution >= 4 is 11.4 Å². The Morgan fingerprint density at radius 1 is 1.42 bits per heavy atom. The van der Waals surface area contributed by atoms with Crippen molar-refractivity contribution in [3.63, 3.8) is 0 Å². The Kier molecular flexibility index (Phi) is 3.94. The number of benzene rings is 1. The molecule has 2 rings (SSSR count). The molecule has 2 N–H and O–H groups in total. The van der Waals surface area contributed by atoms with E-state index >= 15 is 0 Å². The lowest BCUT2D eigenvalue weighted by atomic mass is 10.0. The molecule has 1 aliphatic rings. The highest BCUT2D eigenvalue weighted by Crippen LogP contribution is 2.34. The van der Waals surface area contributed by atoms with Crippen LogP contribution in [0.4, 0.5) is 20.2 Å². The second-order valence-corrected chi connectivity index (χ2v) is 4.67. The highest BCUT2D eigenvalue weighted by Gasteiger charge is 2.30. The molecule has 1 fully saturated rings. The average Bonchev–Trinajstić information content (AvgIpc) is 2.74. The third-order valence-corrected chi connectivity index (χ3v) is 3.45. The van der Waals surface area contributed by atoms with Crippen LogP contribution in [0, 0.1) is 27.7 Å². The first kappa shape index (κ1) is 13.7. The van der Waals surface area contributed by atoms with Gasteiger partial charge in [-0.1, -0.05) is 6.42 Å². The summed E-state index contributed by atoms with van der Waals surface area (Å²) in [6, 6.07) is 1.19. The third-order valence-electron chi connectivity index (χ3n) is 3.45. The normalized spacial score (nSPS) is 22.5. The molecule has 0 radical (unpaired) electrons. The Morgan fingerprint density at radius 2 is 2.16 bits per heavy atom. The van der Waals surface area contributed by atoms with Crippen LogP contribution in [0.15, 0.2) is 12.1 Å². The van der Waals surface area contributed by atoms with Gasteiger partial charge in [-0.05, 0) is 12.8 Å². The van der Waals surface area contributed by atoms with Crippen LogP contribution in [0.25, 0.3) is 0 Å². The summed E-state index contributed by atoms with van der Waals surface area (Å²) in [5.74, 6) is -2.12. The topological polar surface area (TPSA) is 75.4 Å². The van der Waals surface area contributed by atoms with Gasteiger partial charge in [0.05, 0.1) is 4.92 Å². The molecule has 1 saturated carbocycles. The second kappa shape index (κ2) is 5.48. The molecule has 1 aromatic rings. The maximum Gasteiger partial charge on any atom is 0.327 e. The van der Waals surface area contributed by atoms with Crippen molar-refractivity contribution in [3.8, 4) is 0 Å². The number of hydrogen-bond acceptors (Lipinski definition) is 4. The summed E-state index contributed by atoms with van der Waals surface area (Å²) in [5, 5.41) is 22.8. The van der Waals surface area contributed by atoms with E-state index < -0.39 is 22.2 Å². The Bertz CT molecular complexity index is 496. The molecule has 0 bridgehead atoms. The van der Waals surface area contributed by atoms with Gasteiger partial charge in [0.2, 0.25) is 5.82 Å². The van der Waals surface area contributed by atoms with Gasteiger partial charge in [-0.15, -0.1) is 0 Å². The number of rotatable bonds is 4. The van der Waals surface area contributed by atoms with E-state index in [9.17, 15) is 24.0 Å². The molecule has 1 aromatic carbocycles. The van der Waals surface area contributed by atoms with E-state index in [1.54, 1.807) is 0 Å². The summed E-state index contributed by atoms with van der Waals surface area (Å²) in [6.45, 7) is -0.0523. The van der Waals surface area contributed by atoms with Gasteiger partial charge in [0.25, 0.3) is 0 Å². The molecular formula is C12H14F2N2O3. The summed E-state index contributed by atoms with van der Waals surface area (Å²) in [5.41, 5.74) is -0.933. The van der Waals surface area contributed by atoms with E-state index in [-0.39, 0.29) is 24.3 Å². The van der Waals surface area contributed by atoms with Crippen molar-refractivity contribution in [2.75, 3.05) is 11.9 Å². The highest BCUT2D eigenvalue weighted by atomic mass is 19.1. The molecule has 0 saturated heterocycles. The van der Waals surface area contributed by atoms with Crippen LogP contribution < -0.4 is 5.32 Å². The second-order valence-electron chi connectivity index (χ2n) is 4.67. The van der Waals surface area contributed by atoms with E-state index in [0.717, 1.165) is 18.9 Å². The van der Waals surface area contributed by atoms with Gasteiger partial charge in [0.15, 0.2) is 0 Å². The zero-order chi connectivity index (χ0) is 14.0. The zero-order valence-electron chi connectivity index (χ0n) is 10.1. The summed E-state index contributed by atoms with van der Waals surface area (Å²) in [7, 11) is 0. The molecule has 0 aromatic heterocycles. The number of nitro benzene ring substituents is 1. The quantitative estimate of drug-likeness (QED) is 0.652. The Morgan fingerprint density at radius 3 is 2.79 bits per heavy atom. The maximum absolute atomic E-state index is 13.4. The summed E-state index contributed by atoms with van der Waals surface area (Å²) in [4.78, 5) is 9.96. The monoisotopic (exact) mass is 272 g/mol. The van der Waals surface area contributed by atoms with Gasteiger partial charge >= 0.3 is 5.69 Å². The molecule has 5 nitrogen and oxygen atoms in total.